The van der Waals surface area contributed by atoms with Crippen LogP contribution in [0.4, 0.5) is 0 Å². The summed E-state index contributed by atoms with van der Waals surface area (Å²) in [5.74, 6) is -0.157. The van der Waals surface area contributed by atoms with E-state index in [1.165, 1.54) is 5.56 Å². The summed E-state index contributed by atoms with van der Waals surface area (Å²) in [5, 5.41) is 3.04. The Labute approximate surface area is 182 Å². The zero-order valence-corrected chi connectivity index (χ0v) is 17.9. The first-order chi connectivity index (χ1) is 15.0. The van der Waals surface area contributed by atoms with Crippen molar-refractivity contribution in [3.8, 4) is 22.4 Å². The molecule has 0 aliphatic rings. The number of nitrogens with one attached hydrogen (secondary N) is 1. The molecule has 2 aromatic heterocycles. The predicted molar refractivity (Wildman–Crippen MR) is 121 cm³/mol. The molecule has 0 bridgehead atoms. The van der Waals surface area contributed by atoms with Gasteiger partial charge in [0.25, 0.3) is 5.91 Å². The molecule has 0 aliphatic heterocycles. The third-order valence-corrected chi connectivity index (χ3v) is 5.30. The molecule has 1 unspecified atom stereocenters. The van der Waals surface area contributed by atoms with Crippen molar-refractivity contribution in [1.29, 1.82) is 0 Å². The van der Waals surface area contributed by atoms with Crippen LogP contribution in [0.1, 0.15) is 41.5 Å². The molecule has 2 aromatic carbocycles. The Bertz CT molecular complexity index is 1180. The zero-order valence-electron chi connectivity index (χ0n) is 17.9. The molecule has 0 saturated heterocycles. The molecule has 2 heterocycles. The molecule has 0 radical (unpaired) electrons. The third kappa shape index (κ3) is 4.53. The van der Waals surface area contributed by atoms with Crippen LogP contribution in [0.3, 0.4) is 0 Å². The Hall–Kier alpha value is -3.80. The number of benzene rings is 2. The fraction of sp³-hybridized carbons (Fsp3) is 0.200. The molecule has 4 aromatic rings. The SMILES string of the molecule is CCn1cncc1-c1cc(C(=O)NC(C)c2cnccn2)cc(-c2ccc(C)cc2)c1. The molecule has 1 atom stereocenters. The average Bonchev–Trinajstić information content (AvgIpc) is 3.29. The highest BCUT2D eigenvalue weighted by Crippen LogP contribution is 2.29. The number of aromatic nitrogens is 4. The van der Waals surface area contributed by atoms with Crippen molar-refractivity contribution < 1.29 is 4.79 Å². The molecule has 0 fully saturated rings. The van der Waals surface area contributed by atoms with Gasteiger partial charge in [-0.1, -0.05) is 29.8 Å². The van der Waals surface area contributed by atoms with Crippen LogP contribution in [0.15, 0.2) is 73.6 Å². The predicted octanol–water partition coefficient (Wildman–Crippen LogP) is 4.83. The average molecular weight is 412 g/mol. The van der Waals surface area contributed by atoms with Gasteiger partial charge in [-0.05, 0) is 50.1 Å². The maximum Gasteiger partial charge on any atom is 0.251 e. The van der Waals surface area contributed by atoms with Crippen LogP contribution < -0.4 is 5.32 Å². The summed E-state index contributed by atoms with van der Waals surface area (Å²) in [6.07, 6.45) is 8.55. The van der Waals surface area contributed by atoms with Gasteiger partial charge < -0.3 is 9.88 Å². The summed E-state index contributed by atoms with van der Waals surface area (Å²) in [6, 6.07) is 14.0. The summed E-state index contributed by atoms with van der Waals surface area (Å²) in [4.78, 5) is 25.8. The molecule has 1 amide bonds. The van der Waals surface area contributed by atoms with E-state index in [-0.39, 0.29) is 11.9 Å². The fourth-order valence-electron chi connectivity index (χ4n) is 3.52. The van der Waals surface area contributed by atoms with Crippen molar-refractivity contribution in [2.75, 3.05) is 0 Å². The molecule has 31 heavy (non-hydrogen) atoms. The molecular weight excluding hydrogens is 386 g/mol. The molecule has 0 spiro atoms. The highest BCUT2D eigenvalue weighted by Gasteiger charge is 2.16. The van der Waals surface area contributed by atoms with E-state index in [0.717, 1.165) is 34.6 Å². The van der Waals surface area contributed by atoms with Crippen molar-refractivity contribution in [1.82, 2.24) is 24.8 Å². The van der Waals surface area contributed by atoms with E-state index in [4.69, 9.17) is 0 Å². The van der Waals surface area contributed by atoms with Crippen molar-refractivity contribution in [3.05, 3.63) is 90.4 Å². The highest BCUT2D eigenvalue weighted by atomic mass is 16.1. The van der Waals surface area contributed by atoms with Crippen molar-refractivity contribution in [2.24, 2.45) is 0 Å². The second kappa shape index (κ2) is 8.92. The van der Waals surface area contributed by atoms with Gasteiger partial charge in [-0.2, -0.15) is 0 Å². The van der Waals surface area contributed by atoms with Crippen LogP contribution in [0.2, 0.25) is 0 Å². The number of hydrogen-bond donors (Lipinski definition) is 1. The van der Waals surface area contributed by atoms with Crippen LogP contribution in [-0.2, 0) is 6.54 Å². The largest absolute Gasteiger partial charge is 0.344 e. The van der Waals surface area contributed by atoms with E-state index in [2.05, 4.69) is 69.0 Å². The number of aryl methyl sites for hydroxylation is 2. The van der Waals surface area contributed by atoms with Gasteiger partial charge in [-0.3, -0.25) is 14.8 Å². The molecule has 0 saturated carbocycles. The van der Waals surface area contributed by atoms with Gasteiger partial charge in [0.05, 0.1) is 36.2 Å². The molecule has 0 aliphatic carbocycles. The summed E-state index contributed by atoms with van der Waals surface area (Å²) in [5.41, 5.74) is 6.48. The lowest BCUT2D eigenvalue weighted by molar-refractivity contribution is 0.0939. The van der Waals surface area contributed by atoms with E-state index >= 15 is 0 Å². The minimum atomic E-state index is -0.256. The van der Waals surface area contributed by atoms with Crippen LogP contribution in [-0.4, -0.2) is 25.4 Å². The lowest BCUT2D eigenvalue weighted by Gasteiger charge is -2.15. The standard InChI is InChI=1S/C25H25N5O/c1-4-30-16-27-15-24(30)21-11-20(19-7-5-17(2)6-8-19)12-22(13-21)25(31)29-18(3)23-14-26-9-10-28-23/h5-16,18H,4H2,1-3H3,(H,29,31). The first-order valence-corrected chi connectivity index (χ1v) is 10.3. The Morgan fingerprint density at radius 3 is 2.48 bits per heavy atom. The number of carbonyl (C=O) groups is 1. The zero-order chi connectivity index (χ0) is 21.8. The quantitative estimate of drug-likeness (QED) is 0.493. The lowest BCUT2D eigenvalue weighted by Crippen LogP contribution is -2.27. The second-order valence-corrected chi connectivity index (χ2v) is 7.56. The van der Waals surface area contributed by atoms with E-state index in [9.17, 15) is 4.79 Å². The number of carbonyl (C=O) groups excluding carboxylic acids is 1. The molecule has 4 rings (SSSR count). The van der Waals surface area contributed by atoms with Crippen LogP contribution in [0, 0.1) is 6.92 Å². The number of rotatable bonds is 6. The summed E-state index contributed by atoms with van der Waals surface area (Å²) in [6.45, 7) is 6.84. The van der Waals surface area contributed by atoms with Crippen LogP contribution in [0.25, 0.3) is 22.4 Å². The Morgan fingerprint density at radius 1 is 1.00 bits per heavy atom. The van der Waals surface area contributed by atoms with Crippen molar-refractivity contribution in [3.63, 3.8) is 0 Å². The third-order valence-electron chi connectivity index (χ3n) is 5.30. The molecule has 156 valence electrons. The first kappa shape index (κ1) is 20.5. The van der Waals surface area contributed by atoms with Gasteiger partial charge in [0.2, 0.25) is 0 Å². The maximum atomic E-state index is 13.2. The highest BCUT2D eigenvalue weighted by molar-refractivity contribution is 5.97. The second-order valence-electron chi connectivity index (χ2n) is 7.56. The van der Waals surface area contributed by atoms with Crippen molar-refractivity contribution >= 4 is 5.91 Å². The molecular formula is C25H25N5O. The first-order valence-electron chi connectivity index (χ1n) is 10.3. The topological polar surface area (TPSA) is 72.7 Å². The lowest BCUT2D eigenvalue weighted by atomic mass is 9.97. The van der Waals surface area contributed by atoms with E-state index in [1.54, 1.807) is 18.6 Å². The fourth-order valence-corrected chi connectivity index (χ4v) is 3.52. The van der Waals surface area contributed by atoms with Gasteiger partial charge in [-0.15, -0.1) is 0 Å². The van der Waals surface area contributed by atoms with E-state index in [0.29, 0.717) is 5.56 Å². The summed E-state index contributed by atoms with van der Waals surface area (Å²) >= 11 is 0. The van der Waals surface area contributed by atoms with Gasteiger partial charge in [-0.25, -0.2) is 4.98 Å². The monoisotopic (exact) mass is 411 g/mol. The number of amides is 1. The number of nitrogens with zero attached hydrogens (tertiary/aromatic N) is 4. The minimum absolute atomic E-state index is 0.157. The van der Waals surface area contributed by atoms with Crippen LogP contribution >= 0.6 is 0 Å². The normalized spacial score (nSPS) is 11.8. The van der Waals surface area contributed by atoms with E-state index < -0.39 is 0 Å². The summed E-state index contributed by atoms with van der Waals surface area (Å²) in [7, 11) is 0. The van der Waals surface area contributed by atoms with Gasteiger partial charge in [0.15, 0.2) is 0 Å². The molecule has 6 nitrogen and oxygen atoms in total. The molecule has 1 N–H and O–H groups in total. The minimum Gasteiger partial charge on any atom is -0.344 e. The number of imidazole rings is 1. The van der Waals surface area contributed by atoms with Crippen molar-refractivity contribution in [2.45, 2.75) is 33.4 Å². The van der Waals surface area contributed by atoms with E-state index in [1.807, 2.05) is 31.6 Å². The molecule has 6 heteroatoms. The maximum absolute atomic E-state index is 13.2. The van der Waals surface area contributed by atoms with Gasteiger partial charge in [0, 0.05) is 30.1 Å². The Balaban J connectivity index is 1.74. The Morgan fingerprint density at radius 2 is 1.77 bits per heavy atom. The number of hydrogen-bond acceptors (Lipinski definition) is 4. The summed E-state index contributed by atoms with van der Waals surface area (Å²) < 4.78 is 2.07. The van der Waals surface area contributed by atoms with Crippen LogP contribution in [0.5, 0.6) is 0 Å². The van der Waals surface area contributed by atoms with Gasteiger partial charge in [0.1, 0.15) is 0 Å². The smallest absolute Gasteiger partial charge is 0.251 e. The Kier molecular flexibility index (Phi) is 5.89. The van der Waals surface area contributed by atoms with Gasteiger partial charge >= 0.3 is 0 Å².